The predicted octanol–water partition coefficient (Wildman–Crippen LogP) is 4.43. The molecule has 0 bridgehead atoms. The van der Waals surface area contributed by atoms with Crippen molar-refractivity contribution in [1.29, 1.82) is 0 Å². The van der Waals surface area contributed by atoms with E-state index in [0.29, 0.717) is 9.69 Å². The topological polar surface area (TPSA) is 53.2 Å². The molecule has 0 radical (unpaired) electrons. The van der Waals surface area contributed by atoms with Gasteiger partial charge in [0.1, 0.15) is 0 Å². The second-order valence-electron chi connectivity index (χ2n) is 5.74. The van der Waals surface area contributed by atoms with Gasteiger partial charge < -0.3 is 0 Å². The normalized spacial score (nSPS) is 12.5. The van der Waals surface area contributed by atoms with Gasteiger partial charge in [0.25, 0.3) is 0 Å². The van der Waals surface area contributed by atoms with Crippen LogP contribution in [0.2, 0.25) is 5.02 Å². The number of anilines is 1. The molecule has 0 aromatic heterocycles. The average Bonchev–Trinajstić information content (AvgIpc) is 2.63. The molecule has 1 atom stereocenters. The molecule has 28 heavy (non-hydrogen) atoms. The van der Waals surface area contributed by atoms with Crippen molar-refractivity contribution in [1.82, 2.24) is 10.6 Å². The number of hydrogen-bond acceptors (Lipinski definition) is 3. The summed E-state index contributed by atoms with van der Waals surface area (Å²) in [5, 5.41) is 9.28. The molecular formula is C19H17Cl4N3OSe. The fraction of sp³-hybridized carbons (Fsp3) is 0.158. The Labute approximate surface area is 191 Å². The number of amides is 1. The maximum atomic E-state index is 12.2. The predicted molar refractivity (Wildman–Crippen MR) is 121 cm³/mol. The van der Waals surface area contributed by atoms with Gasteiger partial charge in [-0.1, -0.05) is 0 Å². The fourth-order valence-electron chi connectivity index (χ4n) is 2.16. The zero-order valence-corrected chi connectivity index (χ0v) is 19.4. The van der Waals surface area contributed by atoms with Crippen molar-refractivity contribution >= 4 is 84.3 Å². The Morgan fingerprint density at radius 1 is 1.07 bits per heavy atom. The Balaban J connectivity index is 2.03. The summed E-state index contributed by atoms with van der Waals surface area (Å²) >= 11 is 27.0. The van der Waals surface area contributed by atoms with E-state index < -0.39 is 15.9 Å². The molecule has 2 rings (SSSR count). The minimum absolute atomic E-state index is 0.417. The molecule has 1 unspecified atom stereocenters. The Morgan fingerprint density at radius 2 is 1.75 bits per heavy atom. The van der Waals surface area contributed by atoms with E-state index in [9.17, 15) is 4.79 Å². The van der Waals surface area contributed by atoms with E-state index in [1.54, 1.807) is 12.1 Å². The second kappa shape index (κ2) is 10.5. The quantitative estimate of drug-likeness (QED) is 0.218. The number of rotatable bonds is 7. The Bertz CT molecular complexity index is 869. The van der Waals surface area contributed by atoms with Gasteiger partial charge in [-0.05, 0) is 0 Å². The van der Waals surface area contributed by atoms with Gasteiger partial charge in [0, 0.05) is 0 Å². The number of carbonyl (C=O) groups is 1. The summed E-state index contributed by atoms with van der Waals surface area (Å²) in [6.07, 6.45) is 2.04. The molecule has 2 aromatic rings. The number of benzene rings is 2. The van der Waals surface area contributed by atoms with Crippen LogP contribution in [0.5, 0.6) is 0 Å². The number of alkyl halides is 3. The molecule has 0 fully saturated rings. The third-order valence-corrected chi connectivity index (χ3v) is 5.16. The first-order chi connectivity index (χ1) is 13.2. The molecule has 0 aliphatic carbocycles. The van der Waals surface area contributed by atoms with Crippen molar-refractivity contribution < 1.29 is 4.79 Å². The zero-order chi connectivity index (χ0) is 20.7. The van der Waals surface area contributed by atoms with E-state index in [2.05, 4.69) is 31.5 Å². The fourth-order valence-corrected chi connectivity index (χ4v) is 3.14. The van der Waals surface area contributed by atoms with Crippen molar-refractivity contribution in [2.24, 2.45) is 0 Å². The van der Waals surface area contributed by atoms with E-state index in [1.807, 2.05) is 49.4 Å². The van der Waals surface area contributed by atoms with Gasteiger partial charge in [0.15, 0.2) is 0 Å². The molecule has 0 spiro atoms. The van der Waals surface area contributed by atoms with Crippen LogP contribution in [0.4, 0.5) is 5.69 Å². The Kier molecular flexibility index (Phi) is 8.69. The second-order valence-corrected chi connectivity index (χ2v) is 9.37. The van der Waals surface area contributed by atoms with Gasteiger partial charge in [0.2, 0.25) is 0 Å². The molecule has 0 aliphatic rings. The van der Waals surface area contributed by atoms with Gasteiger partial charge in [0.05, 0.1) is 0 Å². The Morgan fingerprint density at radius 3 is 2.39 bits per heavy atom. The summed E-state index contributed by atoms with van der Waals surface area (Å²) < 4.78 is -1.34. The minimum atomic E-state index is -1.80. The van der Waals surface area contributed by atoms with Crippen LogP contribution >= 0.6 is 46.4 Å². The van der Waals surface area contributed by atoms with Crippen LogP contribution < -0.4 is 16.0 Å². The van der Waals surface area contributed by atoms with E-state index in [1.165, 1.54) is 6.08 Å². The van der Waals surface area contributed by atoms with E-state index in [0.717, 1.165) is 16.8 Å². The van der Waals surface area contributed by atoms with Crippen LogP contribution in [0, 0.1) is 6.92 Å². The zero-order valence-electron chi connectivity index (χ0n) is 14.7. The maximum absolute atomic E-state index is 12.2. The molecule has 3 N–H and O–H groups in total. The van der Waals surface area contributed by atoms with Crippen molar-refractivity contribution in [2.75, 3.05) is 5.32 Å². The molecule has 0 aliphatic heterocycles. The third kappa shape index (κ3) is 7.32. The molecule has 4 nitrogen and oxygen atoms in total. The number of halogens is 4. The first-order valence-corrected chi connectivity index (χ1v) is 10.5. The van der Waals surface area contributed by atoms with Crippen LogP contribution in [0.1, 0.15) is 11.1 Å². The number of nitrogens with one attached hydrogen (secondary N) is 3. The van der Waals surface area contributed by atoms with Crippen LogP contribution in [0.15, 0.2) is 54.6 Å². The van der Waals surface area contributed by atoms with E-state index >= 15 is 0 Å². The molecule has 0 heterocycles. The molecule has 0 saturated carbocycles. The Hall–Kier alpha value is -1.20. The van der Waals surface area contributed by atoms with Gasteiger partial charge in [-0.15, -0.1) is 0 Å². The summed E-state index contributed by atoms with van der Waals surface area (Å²) in [6, 6.07) is 14.8. The van der Waals surface area contributed by atoms with Gasteiger partial charge in [-0.2, -0.15) is 0 Å². The average molecular weight is 524 g/mol. The molecular weight excluding hydrogens is 507 g/mol. The van der Waals surface area contributed by atoms with Gasteiger partial charge in [-0.25, -0.2) is 0 Å². The van der Waals surface area contributed by atoms with Crippen LogP contribution in [0.25, 0.3) is 6.08 Å². The molecule has 2 aromatic carbocycles. The van der Waals surface area contributed by atoms with E-state index in [-0.39, 0.29) is 0 Å². The number of carbonyl (C=O) groups excluding carboxylic acids is 1. The standard InChI is InChI=1S/C19H17Cl4N3OSe/c1-12-14(20)8-5-9-15(12)24-18(28)26-17(19(21,22)23)25-16(27)11-10-13-6-3-2-4-7-13/h2-11,17H,1H3,(H,25,27)(H2,24,26,28)/b11-10+. The summed E-state index contributed by atoms with van der Waals surface area (Å²) in [4.78, 5) is 12.2. The molecule has 9 heteroatoms. The summed E-state index contributed by atoms with van der Waals surface area (Å²) in [7, 11) is 0. The molecule has 1 amide bonds. The van der Waals surface area contributed by atoms with Crippen molar-refractivity contribution in [3.8, 4) is 0 Å². The molecule has 148 valence electrons. The summed E-state index contributed by atoms with van der Waals surface area (Å²) in [6.45, 7) is 1.88. The SMILES string of the molecule is Cc1c(Cl)cccc1NC(=[Se])NC(NC(=O)/C=C/c1ccccc1)C(Cl)(Cl)Cl. The first kappa shape index (κ1) is 23.1. The monoisotopic (exact) mass is 523 g/mol. The summed E-state index contributed by atoms with van der Waals surface area (Å²) in [5.74, 6) is -0.417. The van der Waals surface area contributed by atoms with E-state index in [4.69, 9.17) is 46.4 Å². The van der Waals surface area contributed by atoms with Crippen molar-refractivity contribution in [2.45, 2.75) is 16.9 Å². The van der Waals surface area contributed by atoms with Crippen molar-refractivity contribution in [3.05, 3.63) is 70.8 Å². The van der Waals surface area contributed by atoms with Crippen LogP contribution in [0.3, 0.4) is 0 Å². The van der Waals surface area contributed by atoms with Gasteiger partial charge in [-0.3, -0.25) is 0 Å². The summed E-state index contributed by atoms with van der Waals surface area (Å²) in [5.41, 5.74) is 2.51. The first-order valence-electron chi connectivity index (χ1n) is 8.10. The number of hydrogen-bond donors (Lipinski definition) is 3. The van der Waals surface area contributed by atoms with Crippen LogP contribution in [-0.4, -0.2) is 36.1 Å². The van der Waals surface area contributed by atoms with Gasteiger partial charge >= 0.3 is 193 Å². The van der Waals surface area contributed by atoms with Crippen molar-refractivity contribution in [3.63, 3.8) is 0 Å². The molecule has 0 saturated heterocycles. The third-order valence-electron chi connectivity index (χ3n) is 3.63. The van der Waals surface area contributed by atoms with Crippen LogP contribution in [-0.2, 0) is 4.79 Å².